The third-order valence-corrected chi connectivity index (χ3v) is 3.55. The van der Waals surface area contributed by atoms with Gasteiger partial charge in [0.15, 0.2) is 0 Å². The van der Waals surface area contributed by atoms with E-state index in [1.807, 2.05) is 5.57 Å². The van der Waals surface area contributed by atoms with Crippen LogP contribution in [0.1, 0.15) is 25.7 Å². The van der Waals surface area contributed by atoms with Gasteiger partial charge in [0.25, 0.3) is 0 Å². The minimum absolute atomic E-state index is 1.06. The molecule has 48 valence electrons. The van der Waals surface area contributed by atoms with Crippen molar-refractivity contribution >= 4 is 0 Å². The highest BCUT2D eigenvalue weighted by molar-refractivity contribution is 5.29. The van der Waals surface area contributed by atoms with Crippen LogP contribution in [0.5, 0.6) is 0 Å². The molecule has 2 fully saturated rings. The quantitative estimate of drug-likeness (QED) is 0.430. The average Bonchev–Trinajstić information content (AvgIpc) is 2.18. The fraction of sp³-hybridized carbons (Fsp3) is 0.778. The van der Waals surface area contributed by atoms with Gasteiger partial charge >= 0.3 is 0 Å². The van der Waals surface area contributed by atoms with E-state index in [1.54, 1.807) is 12.8 Å². The highest BCUT2D eigenvalue weighted by atomic mass is 14.5. The van der Waals surface area contributed by atoms with E-state index < -0.39 is 0 Å². The van der Waals surface area contributed by atoms with E-state index in [0.29, 0.717) is 0 Å². The number of allylic oxidation sites excluding steroid dienone is 2. The summed E-state index contributed by atoms with van der Waals surface area (Å²) in [6.07, 6.45) is 8.53. The standard InChI is InChI=1S/C9H12/c1-2-7-5-6(1)8-3-4-9(7)8/h3,6-7,9H,1-2,4-5H2/t6?,7?,9-/m1/s1. The van der Waals surface area contributed by atoms with Gasteiger partial charge in [0.2, 0.25) is 0 Å². The fourth-order valence-electron chi connectivity index (χ4n) is 3.01. The van der Waals surface area contributed by atoms with Crippen LogP contribution < -0.4 is 0 Å². The lowest BCUT2D eigenvalue weighted by atomic mass is 9.75. The molecule has 0 aromatic carbocycles. The molecule has 2 unspecified atom stereocenters. The molecule has 0 aliphatic heterocycles. The number of rotatable bonds is 0. The lowest BCUT2D eigenvalue weighted by Crippen LogP contribution is -2.19. The molecule has 0 N–H and O–H groups in total. The topological polar surface area (TPSA) is 0 Å². The van der Waals surface area contributed by atoms with Crippen molar-refractivity contribution in [1.82, 2.24) is 0 Å². The van der Waals surface area contributed by atoms with Gasteiger partial charge in [-0.2, -0.15) is 0 Å². The zero-order valence-electron chi connectivity index (χ0n) is 5.64. The second-order valence-corrected chi connectivity index (χ2v) is 3.82. The average molecular weight is 120 g/mol. The van der Waals surface area contributed by atoms with Crippen molar-refractivity contribution in [2.75, 3.05) is 0 Å². The predicted octanol–water partition coefficient (Wildman–Crippen LogP) is 2.36. The molecule has 0 aromatic heterocycles. The fourth-order valence-corrected chi connectivity index (χ4v) is 3.01. The minimum Gasteiger partial charge on any atom is -0.0841 e. The number of hydrogen-bond acceptors (Lipinski definition) is 0. The van der Waals surface area contributed by atoms with E-state index in [9.17, 15) is 0 Å². The zero-order chi connectivity index (χ0) is 5.84. The Balaban J connectivity index is 2.07. The first-order chi connectivity index (χ1) is 4.45. The van der Waals surface area contributed by atoms with Crippen LogP contribution in [0.25, 0.3) is 0 Å². The molecule has 0 nitrogen and oxygen atoms in total. The van der Waals surface area contributed by atoms with Gasteiger partial charge in [0.1, 0.15) is 0 Å². The predicted molar refractivity (Wildman–Crippen MR) is 37.0 cm³/mol. The molecule has 0 amide bonds. The normalized spacial score (nSPS) is 52.4. The van der Waals surface area contributed by atoms with E-state index in [4.69, 9.17) is 0 Å². The second-order valence-electron chi connectivity index (χ2n) is 3.82. The van der Waals surface area contributed by atoms with Gasteiger partial charge in [-0.1, -0.05) is 11.6 Å². The zero-order valence-corrected chi connectivity index (χ0v) is 5.64. The number of hydrogen-bond donors (Lipinski definition) is 0. The summed E-state index contributed by atoms with van der Waals surface area (Å²) in [5.41, 5.74) is 1.85. The maximum atomic E-state index is 2.48. The lowest BCUT2D eigenvalue weighted by Gasteiger charge is -2.31. The SMILES string of the molecule is C1=C2C3CCC(C3)[C@H]2C1. The van der Waals surface area contributed by atoms with Crippen molar-refractivity contribution in [1.29, 1.82) is 0 Å². The first-order valence-electron chi connectivity index (χ1n) is 4.15. The summed E-state index contributed by atoms with van der Waals surface area (Å²) in [5, 5.41) is 0. The third-order valence-electron chi connectivity index (χ3n) is 3.55. The smallest absolute Gasteiger partial charge is 0.0137 e. The van der Waals surface area contributed by atoms with Crippen molar-refractivity contribution in [3.05, 3.63) is 11.6 Å². The summed E-state index contributed by atoms with van der Waals surface area (Å²) in [4.78, 5) is 0. The summed E-state index contributed by atoms with van der Waals surface area (Å²) in [6.45, 7) is 0. The Labute approximate surface area is 56.0 Å². The van der Waals surface area contributed by atoms with E-state index in [-0.39, 0.29) is 0 Å². The van der Waals surface area contributed by atoms with Gasteiger partial charge in [-0.3, -0.25) is 0 Å². The van der Waals surface area contributed by atoms with Gasteiger partial charge < -0.3 is 0 Å². The van der Waals surface area contributed by atoms with Crippen LogP contribution in [0, 0.1) is 17.8 Å². The summed E-state index contributed by atoms with van der Waals surface area (Å²) in [7, 11) is 0. The van der Waals surface area contributed by atoms with Gasteiger partial charge in [-0.25, -0.2) is 0 Å². The minimum atomic E-state index is 1.06. The van der Waals surface area contributed by atoms with E-state index in [1.165, 1.54) is 12.8 Å². The Morgan fingerprint density at radius 1 is 1.33 bits per heavy atom. The van der Waals surface area contributed by atoms with Gasteiger partial charge in [-0.05, 0) is 43.4 Å². The molecular formula is C9H12. The maximum Gasteiger partial charge on any atom is -0.0137 e. The van der Waals surface area contributed by atoms with Gasteiger partial charge in [0, 0.05) is 0 Å². The summed E-state index contributed by atoms with van der Waals surface area (Å²) in [6, 6.07) is 0. The molecule has 0 saturated heterocycles. The van der Waals surface area contributed by atoms with Gasteiger partial charge in [-0.15, -0.1) is 0 Å². The molecule has 3 aliphatic carbocycles. The Morgan fingerprint density at radius 2 is 2.33 bits per heavy atom. The molecule has 0 heteroatoms. The third kappa shape index (κ3) is 0.385. The van der Waals surface area contributed by atoms with E-state index in [2.05, 4.69) is 6.08 Å². The van der Waals surface area contributed by atoms with E-state index in [0.717, 1.165) is 17.8 Å². The summed E-state index contributed by atoms with van der Waals surface area (Å²) >= 11 is 0. The van der Waals surface area contributed by atoms with Crippen LogP contribution in [0.3, 0.4) is 0 Å². The van der Waals surface area contributed by atoms with Crippen LogP contribution >= 0.6 is 0 Å². The molecule has 9 heavy (non-hydrogen) atoms. The second kappa shape index (κ2) is 1.25. The van der Waals surface area contributed by atoms with Crippen molar-refractivity contribution in [2.45, 2.75) is 25.7 Å². The molecule has 0 spiro atoms. The molecule has 3 atom stereocenters. The molecule has 2 saturated carbocycles. The molecule has 3 aliphatic rings. The van der Waals surface area contributed by atoms with Gasteiger partial charge in [0.05, 0.1) is 0 Å². The highest BCUT2D eigenvalue weighted by Gasteiger charge is 2.46. The van der Waals surface area contributed by atoms with Crippen LogP contribution in [-0.4, -0.2) is 0 Å². The molecule has 2 bridgehead atoms. The molecular weight excluding hydrogens is 108 g/mol. The van der Waals surface area contributed by atoms with Crippen molar-refractivity contribution in [3.63, 3.8) is 0 Å². The van der Waals surface area contributed by atoms with Crippen LogP contribution in [0.15, 0.2) is 11.6 Å². The largest absolute Gasteiger partial charge is 0.0841 e. The lowest BCUT2D eigenvalue weighted by molar-refractivity contribution is 0.377. The van der Waals surface area contributed by atoms with E-state index >= 15 is 0 Å². The highest BCUT2D eigenvalue weighted by Crippen LogP contribution is 2.57. The number of fused-ring (bicyclic) bond motifs is 5. The molecule has 0 heterocycles. The first kappa shape index (κ1) is 4.54. The van der Waals surface area contributed by atoms with Crippen molar-refractivity contribution < 1.29 is 0 Å². The molecule has 3 rings (SSSR count). The Hall–Kier alpha value is -0.260. The Bertz CT molecular complexity index is 178. The van der Waals surface area contributed by atoms with Crippen LogP contribution in [0.2, 0.25) is 0 Å². The summed E-state index contributed by atoms with van der Waals surface area (Å²) < 4.78 is 0. The first-order valence-corrected chi connectivity index (χ1v) is 4.15. The van der Waals surface area contributed by atoms with Crippen molar-refractivity contribution in [3.8, 4) is 0 Å². The Morgan fingerprint density at radius 3 is 2.78 bits per heavy atom. The van der Waals surface area contributed by atoms with Crippen molar-refractivity contribution in [2.24, 2.45) is 17.8 Å². The van der Waals surface area contributed by atoms with Crippen LogP contribution in [-0.2, 0) is 0 Å². The molecule has 0 aromatic rings. The monoisotopic (exact) mass is 120 g/mol. The molecule has 0 radical (unpaired) electrons. The summed E-state index contributed by atoms with van der Waals surface area (Å²) in [5.74, 6) is 3.28. The maximum absolute atomic E-state index is 2.48. The van der Waals surface area contributed by atoms with Crippen LogP contribution in [0.4, 0.5) is 0 Å². The Kier molecular flexibility index (Phi) is 0.633.